The van der Waals surface area contributed by atoms with Crippen molar-refractivity contribution in [1.29, 1.82) is 0 Å². The van der Waals surface area contributed by atoms with Gasteiger partial charge in [-0.3, -0.25) is 29.9 Å². The zero-order valence-corrected chi connectivity index (χ0v) is 81.7. The maximum Gasteiger partial charge on any atom is 0.414 e. The van der Waals surface area contributed by atoms with E-state index in [1.165, 1.54) is 103 Å². The molecule has 0 aliphatic heterocycles. The molecule has 0 radical (unpaired) electrons. The third-order valence-electron chi connectivity index (χ3n) is 16.3. The van der Waals surface area contributed by atoms with Gasteiger partial charge in [-0.1, -0.05) is 82.0 Å². The summed E-state index contributed by atoms with van der Waals surface area (Å²) in [7, 11) is -25.1. The van der Waals surface area contributed by atoms with Crippen molar-refractivity contribution in [3.05, 3.63) is 225 Å². The smallest absolute Gasteiger partial charge is 0.414 e. The van der Waals surface area contributed by atoms with Crippen LogP contribution in [0.25, 0.3) is 0 Å². The molecular formula is C87H101N3O42S6-6. The minimum absolute atomic E-state index is 0.00861. The summed E-state index contributed by atoms with van der Waals surface area (Å²) in [6.07, 6.45) is -0.279. The molecule has 758 valence electrons. The number of benzene rings is 7. The van der Waals surface area contributed by atoms with E-state index < -0.39 is 212 Å². The van der Waals surface area contributed by atoms with Crippen LogP contribution in [0, 0.1) is 47.5 Å². The molecule has 0 aliphatic carbocycles. The second-order valence-electron chi connectivity index (χ2n) is 29.7. The Labute approximate surface area is 796 Å². The van der Waals surface area contributed by atoms with Crippen molar-refractivity contribution in [3.63, 3.8) is 0 Å². The Hall–Kier alpha value is -13.2. The molecule has 7 rings (SSSR count). The number of nitrogens with zero attached hydrogens (tertiary/aromatic N) is 1. The number of anilines is 3. The Kier molecular flexibility index (Phi) is 50.0. The average Bonchev–Trinajstić information content (AvgIpc) is 0.825. The van der Waals surface area contributed by atoms with Gasteiger partial charge in [-0.05, 0) is 192 Å². The molecule has 7 aromatic rings. The summed E-state index contributed by atoms with van der Waals surface area (Å²) in [5.41, 5.74) is 6.21. The number of rotatable bonds is 36. The lowest BCUT2D eigenvalue weighted by molar-refractivity contribution is -0.138. The highest BCUT2D eigenvalue weighted by atomic mass is 32.2. The number of amides is 3. The number of carbonyl (C=O) groups excluding carboxylic acids is 12. The normalized spacial score (nSPS) is 11.1. The van der Waals surface area contributed by atoms with Crippen molar-refractivity contribution >= 4 is 150 Å². The molecule has 138 heavy (non-hydrogen) atoms. The van der Waals surface area contributed by atoms with Crippen molar-refractivity contribution in [2.45, 2.75) is 109 Å². The summed E-state index contributed by atoms with van der Waals surface area (Å²) >= 11 is 0. The fourth-order valence-corrected chi connectivity index (χ4v) is 11.4. The van der Waals surface area contributed by atoms with Crippen LogP contribution in [-0.4, -0.2) is 243 Å². The molecule has 7 aromatic carbocycles. The van der Waals surface area contributed by atoms with Crippen LogP contribution in [0.1, 0.15) is 156 Å². The van der Waals surface area contributed by atoms with E-state index in [2.05, 4.69) is 21.9 Å². The molecule has 2 N–H and O–H groups in total. The van der Waals surface area contributed by atoms with Gasteiger partial charge in [0.25, 0.3) is 0 Å². The summed E-state index contributed by atoms with van der Waals surface area (Å²) in [5.74, 6) is -11.6. The van der Waals surface area contributed by atoms with Gasteiger partial charge in [-0.25, -0.2) is 93.7 Å². The predicted octanol–water partition coefficient (Wildman–Crippen LogP) is 8.84. The van der Waals surface area contributed by atoms with E-state index in [-0.39, 0.29) is 76.2 Å². The average molecular weight is 2050 g/mol. The van der Waals surface area contributed by atoms with Gasteiger partial charge < -0.3 is 84.2 Å². The second-order valence-corrected chi connectivity index (χ2v) is 38.8. The summed E-state index contributed by atoms with van der Waals surface area (Å²) < 4.78 is 247. The van der Waals surface area contributed by atoms with Gasteiger partial charge in [0.2, 0.25) is 0 Å². The minimum Gasteiger partial charge on any atom is -0.748 e. The van der Waals surface area contributed by atoms with E-state index in [1.807, 2.05) is 30.3 Å². The van der Waals surface area contributed by atoms with Crippen molar-refractivity contribution in [2.24, 2.45) is 5.92 Å². The van der Waals surface area contributed by atoms with Crippen LogP contribution in [0.3, 0.4) is 0 Å². The van der Waals surface area contributed by atoms with E-state index >= 15 is 0 Å². The Morgan fingerprint density at radius 2 is 0.725 bits per heavy atom. The van der Waals surface area contributed by atoms with Crippen LogP contribution in [0.4, 0.5) is 31.4 Å². The SMILES string of the molecule is C=CCOC(=O)Nc1ccc(C(=O)OCCS(=O)(=O)[O-])cc1C.CC(=O)Oc1cc(C)ccc1C(=O)OCCS(=O)(=O)[O-].CCC(=O)Oc1cc(C)ccc1C(=O)OCCS(=O)(=O)[O-].Cc1cc(C(=O)OCCS(=O)(=O)[O-])ccc1N(C)C(=O)OC(C)(C)C.Cc1cc(C(=O)OCCS(=O)(=O)[O-])ccc1NC(=O)OCc1ccccc1.Cc1ccc(C(=O)OCCS(=O)(=O)[O-])c(OC(=O)C(C)C)c1. The molecule has 0 heterocycles. The van der Waals surface area contributed by atoms with Crippen molar-refractivity contribution in [1.82, 2.24) is 0 Å². The van der Waals surface area contributed by atoms with Gasteiger partial charge in [0.1, 0.15) is 92.4 Å². The first-order valence-electron chi connectivity index (χ1n) is 40.2. The van der Waals surface area contributed by atoms with E-state index in [0.717, 1.165) is 22.3 Å². The van der Waals surface area contributed by atoms with Crippen LogP contribution in [-0.2, 0) is 124 Å². The van der Waals surface area contributed by atoms with Crippen molar-refractivity contribution in [2.75, 3.05) is 103 Å². The molecule has 0 unspecified atom stereocenters. The van der Waals surface area contributed by atoms with E-state index in [4.69, 9.17) is 52.1 Å². The number of nitrogens with one attached hydrogen (secondary N) is 2. The highest BCUT2D eigenvalue weighted by Crippen LogP contribution is 2.28. The third kappa shape index (κ3) is 52.2. The molecular weight excluding hydrogens is 1950 g/mol. The highest BCUT2D eigenvalue weighted by Gasteiger charge is 2.26. The highest BCUT2D eigenvalue weighted by molar-refractivity contribution is 7.86. The van der Waals surface area contributed by atoms with Crippen molar-refractivity contribution < 1.29 is 192 Å². The van der Waals surface area contributed by atoms with Gasteiger partial charge >= 0.3 is 72.0 Å². The number of hydrogen-bond donors (Lipinski definition) is 2. The first-order valence-corrected chi connectivity index (χ1v) is 49.6. The predicted molar refractivity (Wildman–Crippen MR) is 484 cm³/mol. The molecule has 0 aromatic heterocycles. The fourth-order valence-electron chi connectivity index (χ4n) is 9.72. The van der Waals surface area contributed by atoms with Crippen LogP contribution < -0.4 is 29.7 Å². The molecule has 0 aliphatic rings. The standard InChI is InChI=1S/C18H19NO7S.C16H23NO7S.C14H17NO7S.C14H18O7S.C13H16O7S.C12H14O7S/c1-13-11-15(17(20)25-9-10-27(22,23)24)7-8-16(13)19-18(21)26-12-14-5-3-2-4-6-14;1-11-10-12(14(18)23-8-9-25(20,21)22)6-7-13(11)17(5)15(19)24-16(2,3)4;1-3-6-22-14(17)15-12-5-4-11(9-10(12)2)13(16)21-7-8-23(18,19)20;1-9(2)13(15)21-12-8-10(3)4-5-11(12)14(16)20-6-7-22(17,18)19;1-3-12(14)20-11-8-9(2)4-5-10(11)13(15)19-6-7-21(16,17)18;1-8-3-4-10(11(7-8)19-9(2)13)12(14)18-5-6-20(15,16)17/h2-8,11H,9-10,12H2,1H3,(H,19,21)(H,22,23,24);6-7,10H,8-9H2,1-5H3,(H,20,21,22);3-5,9H,1,6-8H2,2H3,(H,15,17)(H,18,19,20);4-5,8-9H,6-7H2,1-3H3,(H,17,18,19);4-5,8H,3,6-7H2,1-2H3,(H,16,17,18);3-4,7H,5-6H2,1-2H3,(H,15,16,17)/p-6. The molecule has 0 bridgehead atoms. The molecule has 45 nitrogen and oxygen atoms in total. The number of aryl methyl sites for hydroxylation is 6. The fraction of sp³-hybridized carbons (Fsp3) is 0.356. The summed E-state index contributed by atoms with van der Waals surface area (Å²) in [5, 5.41) is 5.07. The zero-order valence-electron chi connectivity index (χ0n) is 76.8. The van der Waals surface area contributed by atoms with Crippen LogP contribution >= 0.6 is 0 Å². The summed E-state index contributed by atoms with van der Waals surface area (Å²) in [6, 6.07) is 35.9. The monoisotopic (exact) mass is 2050 g/mol. The topological polar surface area (TPSA) is 686 Å². The molecule has 0 saturated heterocycles. The van der Waals surface area contributed by atoms with Crippen LogP contribution in [0.5, 0.6) is 17.2 Å². The van der Waals surface area contributed by atoms with Gasteiger partial charge in [0.05, 0.1) is 118 Å². The Morgan fingerprint density at radius 3 is 1.03 bits per heavy atom. The number of esters is 9. The molecule has 51 heteroatoms. The Bertz CT molecular complexity index is 6200. The van der Waals surface area contributed by atoms with Gasteiger partial charge in [0, 0.05) is 37.5 Å². The lowest BCUT2D eigenvalue weighted by Gasteiger charge is -2.25. The molecule has 0 saturated carbocycles. The number of ether oxygens (including phenoxy) is 12. The minimum atomic E-state index is -4.46. The quantitative estimate of drug-likeness (QED) is 0.0122. The largest absolute Gasteiger partial charge is 0.748 e. The summed E-state index contributed by atoms with van der Waals surface area (Å²) in [6.45, 7) is 22.0. The first kappa shape index (κ1) is 121. The summed E-state index contributed by atoms with van der Waals surface area (Å²) in [4.78, 5) is 142. The molecule has 3 amide bonds. The van der Waals surface area contributed by atoms with Gasteiger partial charge in [-0.2, -0.15) is 0 Å². The number of hydrogen-bond acceptors (Lipinski definition) is 42. The molecule has 0 fully saturated rings. The molecule has 0 atom stereocenters. The third-order valence-corrected chi connectivity index (χ3v) is 20.3. The Morgan fingerprint density at radius 1 is 0.406 bits per heavy atom. The first-order chi connectivity index (χ1) is 63.8. The van der Waals surface area contributed by atoms with Crippen molar-refractivity contribution in [3.8, 4) is 17.2 Å². The van der Waals surface area contributed by atoms with E-state index in [0.29, 0.717) is 33.8 Å². The maximum atomic E-state index is 12.1. The number of carbonyl (C=O) groups is 12. The van der Waals surface area contributed by atoms with Gasteiger partial charge in [0.15, 0.2) is 0 Å². The lowest BCUT2D eigenvalue weighted by Crippen LogP contribution is -2.34. The van der Waals surface area contributed by atoms with E-state index in [1.54, 1.807) is 114 Å². The van der Waals surface area contributed by atoms with Gasteiger partial charge in [-0.15, -0.1) is 0 Å². The Balaban J connectivity index is 0.000000562. The van der Waals surface area contributed by atoms with Crippen LogP contribution in [0.2, 0.25) is 0 Å². The van der Waals surface area contributed by atoms with Crippen LogP contribution in [0.15, 0.2) is 152 Å². The molecule has 0 spiro atoms. The zero-order chi connectivity index (χ0) is 105. The second kappa shape index (κ2) is 57.1. The van der Waals surface area contributed by atoms with E-state index in [9.17, 15) is 135 Å². The lowest BCUT2D eigenvalue weighted by atomic mass is 10.1. The maximum absolute atomic E-state index is 12.1.